The molecule has 3 rings (SSSR count). The van der Waals surface area contributed by atoms with E-state index >= 15 is 0 Å². The molecule has 0 aliphatic carbocycles. The van der Waals surface area contributed by atoms with Crippen LogP contribution in [0.4, 0.5) is 11.4 Å². The van der Waals surface area contributed by atoms with Gasteiger partial charge in [-0.25, -0.2) is 0 Å². The van der Waals surface area contributed by atoms with Crippen LogP contribution < -0.4 is 29.2 Å². The first-order valence-corrected chi connectivity index (χ1v) is 11.4. The van der Waals surface area contributed by atoms with Crippen molar-refractivity contribution in [3.05, 3.63) is 35.9 Å². The molecule has 33 heavy (non-hydrogen) atoms. The molecule has 0 fully saturated rings. The number of nitrogens with one attached hydrogen (secondary N) is 1. The van der Waals surface area contributed by atoms with Gasteiger partial charge in [-0.05, 0) is 58.4 Å². The van der Waals surface area contributed by atoms with Crippen molar-refractivity contribution >= 4 is 23.2 Å². The standard InChI is InChI=1S/C25H32N2O6/c1-6-12-27-19-11-10-18(15-20(19)33-16(5)25(27)29)26-24(28)17-13-21(30-7-2)23(32-9-4)22(14-17)31-8-3/h10-11,13-16H,6-9,12H2,1-5H3,(H,26,28). The van der Waals surface area contributed by atoms with Gasteiger partial charge in [-0.1, -0.05) is 6.92 Å². The van der Waals surface area contributed by atoms with Gasteiger partial charge in [0.05, 0.1) is 25.5 Å². The molecule has 0 saturated carbocycles. The van der Waals surface area contributed by atoms with Crippen molar-refractivity contribution in [2.45, 2.75) is 47.1 Å². The molecule has 8 nitrogen and oxygen atoms in total. The van der Waals surface area contributed by atoms with Gasteiger partial charge in [0.2, 0.25) is 5.75 Å². The van der Waals surface area contributed by atoms with Crippen molar-refractivity contribution in [1.29, 1.82) is 0 Å². The summed E-state index contributed by atoms with van der Waals surface area (Å²) in [5, 5.41) is 2.90. The topological polar surface area (TPSA) is 86.3 Å². The normalized spacial score (nSPS) is 14.9. The Morgan fingerprint density at radius 2 is 1.64 bits per heavy atom. The summed E-state index contributed by atoms with van der Waals surface area (Å²) in [7, 11) is 0. The largest absolute Gasteiger partial charge is 0.490 e. The molecule has 0 saturated heterocycles. The number of carbonyl (C=O) groups excluding carboxylic acids is 2. The zero-order valence-electron chi connectivity index (χ0n) is 19.9. The minimum absolute atomic E-state index is 0.0672. The van der Waals surface area contributed by atoms with Crippen molar-refractivity contribution in [2.75, 3.05) is 36.6 Å². The molecular formula is C25H32N2O6. The van der Waals surface area contributed by atoms with Crippen molar-refractivity contribution in [1.82, 2.24) is 0 Å². The van der Waals surface area contributed by atoms with Gasteiger partial charge in [-0.2, -0.15) is 0 Å². The van der Waals surface area contributed by atoms with Gasteiger partial charge in [0.15, 0.2) is 17.6 Å². The SMILES string of the molecule is CCCN1C(=O)C(C)Oc2cc(NC(=O)c3cc(OCC)c(OCC)c(OCC)c3)ccc21. The van der Waals surface area contributed by atoms with Crippen molar-refractivity contribution < 1.29 is 28.5 Å². The summed E-state index contributed by atoms with van der Waals surface area (Å²) in [5.41, 5.74) is 1.64. The maximum atomic E-state index is 13.1. The quantitative estimate of drug-likeness (QED) is 0.560. The zero-order chi connectivity index (χ0) is 24.0. The van der Waals surface area contributed by atoms with Crippen molar-refractivity contribution in [2.24, 2.45) is 0 Å². The Morgan fingerprint density at radius 3 is 2.21 bits per heavy atom. The van der Waals surface area contributed by atoms with Gasteiger partial charge < -0.3 is 29.2 Å². The third kappa shape index (κ3) is 5.32. The fourth-order valence-electron chi connectivity index (χ4n) is 3.67. The molecule has 1 aliphatic heterocycles. The summed E-state index contributed by atoms with van der Waals surface area (Å²) in [5.74, 6) is 1.55. The molecule has 0 aromatic heterocycles. The number of fused-ring (bicyclic) bond motifs is 1. The van der Waals surface area contributed by atoms with Gasteiger partial charge in [-0.15, -0.1) is 0 Å². The van der Waals surface area contributed by atoms with E-state index in [9.17, 15) is 9.59 Å². The summed E-state index contributed by atoms with van der Waals surface area (Å²) in [6.07, 6.45) is 0.252. The highest BCUT2D eigenvalue weighted by Crippen LogP contribution is 2.40. The van der Waals surface area contributed by atoms with Crippen LogP contribution in [0.25, 0.3) is 0 Å². The van der Waals surface area contributed by atoms with Crippen LogP contribution in [0.15, 0.2) is 30.3 Å². The second-order valence-electron chi connectivity index (χ2n) is 7.49. The van der Waals surface area contributed by atoms with E-state index in [0.717, 1.165) is 6.42 Å². The van der Waals surface area contributed by atoms with E-state index in [1.165, 1.54) is 0 Å². The van der Waals surface area contributed by atoms with Crippen LogP contribution in [0.3, 0.4) is 0 Å². The summed E-state index contributed by atoms with van der Waals surface area (Å²) in [6, 6.07) is 8.57. The fraction of sp³-hybridized carbons (Fsp3) is 0.440. The van der Waals surface area contributed by atoms with Gasteiger partial charge >= 0.3 is 0 Å². The predicted octanol–water partition coefficient (Wildman–Crippen LogP) is 4.66. The summed E-state index contributed by atoms with van der Waals surface area (Å²) in [4.78, 5) is 27.3. The number of amides is 2. The van der Waals surface area contributed by atoms with E-state index in [2.05, 4.69) is 5.32 Å². The molecule has 1 aliphatic rings. The van der Waals surface area contributed by atoms with Gasteiger partial charge in [0.25, 0.3) is 11.8 Å². The lowest BCUT2D eigenvalue weighted by molar-refractivity contribution is -0.125. The third-order valence-electron chi connectivity index (χ3n) is 5.04. The molecule has 1 atom stereocenters. The Kier molecular flexibility index (Phi) is 8.03. The number of hydrogen-bond donors (Lipinski definition) is 1. The molecule has 2 aromatic rings. The Balaban J connectivity index is 1.89. The van der Waals surface area contributed by atoms with Crippen LogP contribution in [0.2, 0.25) is 0 Å². The van der Waals surface area contributed by atoms with Crippen LogP contribution in [0.5, 0.6) is 23.0 Å². The number of rotatable bonds is 10. The molecule has 178 valence electrons. The second-order valence-corrected chi connectivity index (χ2v) is 7.49. The van der Waals surface area contributed by atoms with E-state index in [1.807, 2.05) is 27.7 Å². The lowest BCUT2D eigenvalue weighted by Crippen LogP contribution is -2.44. The van der Waals surface area contributed by atoms with Crippen LogP contribution in [-0.2, 0) is 4.79 Å². The smallest absolute Gasteiger partial charge is 0.267 e. The van der Waals surface area contributed by atoms with E-state index in [4.69, 9.17) is 18.9 Å². The highest BCUT2D eigenvalue weighted by Gasteiger charge is 2.31. The minimum atomic E-state index is -0.580. The Bertz CT molecular complexity index is 979. The van der Waals surface area contributed by atoms with Crippen LogP contribution in [0.1, 0.15) is 51.4 Å². The number of benzene rings is 2. The number of ether oxygens (including phenoxy) is 4. The average molecular weight is 457 g/mol. The lowest BCUT2D eigenvalue weighted by atomic mass is 10.1. The van der Waals surface area contributed by atoms with Crippen LogP contribution in [0, 0.1) is 0 Å². The maximum absolute atomic E-state index is 13.1. The monoisotopic (exact) mass is 456 g/mol. The average Bonchev–Trinajstić information content (AvgIpc) is 2.79. The third-order valence-corrected chi connectivity index (χ3v) is 5.04. The molecule has 8 heteroatoms. The number of nitrogens with zero attached hydrogens (tertiary/aromatic N) is 1. The summed E-state index contributed by atoms with van der Waals surface area (Å²) < 4.78 is 22.9. The number of anilines is 2. The zero-order valence-corrected chi connectivity index (χ0v) is 19.9. The highest BCUT2D eigenvalue weighted by molar-refractivity contribution is 6.06. The fourth-order valence-corrected chi connectivity index (χ4v) is 3.67. The van der Waals surface area contributed by atoms with Gasteiger partial charge in [0.1, 0.15) is 5.75 Å². The molecular weight excluding hydrogens is 424 g/mol. The van der Waals surface area contributed by atoms with E-state index in [0.29, 0.717) is 66.3 Å². The Labute approximate surface area is 194 Å². The predicted molar refractivity (Wildman–Crippen MR) is 127 cm³/mol. The molecule has 1 heterocycles. The molecule has 1 unspecified atom stereocenters. The van der Waals surface area contributed by atoms with Gasteiger partial charge in [-0.3, -0.25) is 9.59 Å². The first-order valence-electron chi connectivity index (χ1n) is 11.4. The van der Waals surface area contributed by atoms with Gasteiger partial charge in [0, 0.05) is 23.9 Å². The van der Waals surface area contributed by atoms with E-state index in [-0.39, 0.29) is 11.8 Å². The highest BCUT2D eigenvalue weighted by atomic mass is 16.5. The Hall–Kier alpha value is -3.42. The lowest BCUT2D eigenvalue weighted by Gasteiger charge is -2.33. The first kappa shape index (κ1) is 24.2. The summed E-state index contributed by atoms with van der Waals surface area (Å²) in [6.45, 7) is 11.2. The van der Waals surface area contributed by atoms with Crippen LogP contribution in [-0.4, -0.2) is 44.3 Å². The minimum Gasteiger partial charge on any atom is -0.490 e. The summed E-state index contributed by atoms with van der Waals surface area (Å²) >= 11 is 0. The first-order chi connectivity index (χ1) is 15.9. The van der Waals surface area contributed by atoms with Crippen LogP contribution >= 0.6 is 0 Å². The second kappa shape index (κ2) is 10.9. The Morgan fingerprint density at radius 1 is 1.00 bits per heavy atom. The molecule has 0 radical (unpaired) electrons. The maximum Gasteiger partial charge on any atom is 0.267 e. The number of hydrogen-bond acceptors (Lipinski definition) is 6. The molecule has 2 aromatic carbocycles. The molecule has 1 N–H and O–H groups in total. The molecule has 2 amide bonds. The molecule has 0 bridgehead atoms. The van der Waals surface area contributed by atoms with Crippen molar-refractivity contribution in [3.8, 4) is 23.0 Å². The molecule has 0 spiro atoms. The van der Waals surface area contributed by atoms with Crippen molar-refractivity contribution in [3.63, 3.8) is 0 Å². The van der Waals surface area contributed by atoms with E-state index in [1.54, 1.807) is 42.2 Å². The van der Waals surface area contributed by atoms with E-state index < -0.39 is 6.10 Å². The number of carbonyl (C=O) groups is 2.